The Labute approximate surface area is 129 Å². The van der Waals surface area contributed by atoms with Crippen molar-refractivity contribution in [2.45, 2.75) is 0 Å². The van der Waals surface area contributed by atoms with Gasteiger partial charge in [0.2, 0.25) is 0 Å². The summed E-state index contributed by atoms with van der Waals surface area (Å²) in [7, 11) is 3.95. The van der Waals surface area contributed by atoms with Crippen molar-refractivity contribution in [3.05, 3.63) is 42.6 Å². The van der Waals surface area contributed by atoms with Crippen LogP contribution < -0.4 is 19.9 Å². The van der Waals surface area contributed by atoms with Crippen LogP contribution in [0.4, 0.5) is 22.0 Å². The molecule has 0 atom stereocenters. The number of nitrogens with zero attached hydrogens (tertiary/aromatic N) is 3. The minimum Gasteiger partial charge on any atom is -0.488 e. The number of anilines is 3. The molecule has 0 spiro atoms. The molecular weight excluding hydrogens is 280 g/mol. The Kier molecular flexibility index (Phi) is 3.82. The first kappa shape index (κ1) is 14.2. The average molecular weight is 298 g/mol. The molecular formula is C16H18N4O2. The Balaban J connectivity index is 1.75. The Hall–Kier alpha value is -2.76. The van der Waals surface area contributed by atoms with Crippen LogP contribution in [-0.2, 0) is 0 Å². The summed E-state index contributed by atoms with van der Waals surface area (Å²) in [6.45, 7) is 0.942. The highest BCUT2D eigenvalue weighted by Gasteiger charge is 2.24. The molecule has 0 radical (unpaired) electrons. The van der Waals surface area contributed by atoms with E-state index >= 15 is 0 Å². The average Bonchev–Trinajstić information content (AvgIpc) is 2.54. The maximum atomic E-state index is 12.5. The highest BCUT2D eigenvalue weighted by Crippen LogP contribution is 2.29. The zero-order valence-corrected chi connectivity index (χ0v) is 12.6. The molecule has 0 saturated heterocycles. The molecule has 1 N–H and O–H groups in total. The van der Waals surface area contributed by atoms with E-state index in [1.54, 1.807) is 17.2 Å². The quantitative estimate of drug-likeness (QED) is 0.926. The van der Waals surface area contributed by atoms with Crippen molar-refractivity contribution in [3.8, 4) is 5.75 Å². The zero-order chi connectivity index (χ0) is 15.5. The molecule has 0 fully saturated rings. The highest BCUT2D eigenvalue weighted by atomic mass is 16.5. The van der Waals surface area contributed by atoms with E-state index in [0.29, 0.717) is 24.7 Å². The molecule has 2 aromatic rings. The maximum Gasteiger partial charge on any atom is 0.327 e. The second-order valence-corrected chi connectivity index (χ2v) is 5.20. The third-order valence-corrected chi connectivity index (χ3v) is 3.46. The number of aromatic nitrogens is 1. The fraction of sp³-hybridized carbons (Fsp3) is 0.250. The van der Waals surface area contributed by atoms with Gasteiger partial charge in [0.05, 0.1) is 6.54 Å². The molecule has 1 aliphatic heterocycles. The molecule has 1 aliphatic rings. The van der Waals surface area contributed by atoms with Crippen LogP contribution >= 0.6 is 0 Å². The van der Waals surface area contributed by atoms with Crippen LogP contribution in [0.3, 0.4) is 0 Å². The summed E-state index contributed by atoms with van der Waals surface area (Å²) in [5.74, 6) is 1.18. The Morgan fingerprint density at radius 2 is 2.05 bits per heavy atom. The van der Waals surface area contributed by atoms with Crippen molar-refractivity contribution in [1.82, 2.24) is 4.98 Å². The van der Waals surface area contributed by atoms with Crippen LogP contribution in [0.5, 0.6) is 5.75 Å². The number of ether oxygens (including phenoxy) is 1. The van der Waals surface area contributed by atoms with Crippen LogP contribution in [0.25, 0.3) is 0 Å². The highest BCUT2D eigenvalue weighted by molar-refractivity contribution is 6.02. The lowest BCUT2D eigenvalue weighted by Gasteiger charge is -2.28. The molecule has 1 aromatic carbocycles. The number of carbonyl (C=O) groups is 1. The van der Waals surface area contributed by atoms with E-state index in [1.165, 1.54) is 0 Å². The molecule has 3 rings (SSSR count). The van der Waals surface area contributed by atoms with Gasteiger partial charge >= 0.3 is 6.03 Å². The molecule has 2 amide bonds. The summed E-state index contributed by atoms with van der Waals surface area (Å²) >= 11 is 0. The number of carbonyl (C=O) groups excluding carboxylic acids is 1. The molecule has 0 saturated carbocycles. The lowest BCUT2D eigenvalue weighted by molar-refractivity contribution is 0.249. The minimum atomic E-state index is -0.208. The largest absolute Gasteiger partial charge is 0.488 e. The SMILES string of the molecule is CN(C)c1ccc(NC(=O)N2CCOc3cccnc32)cc1. The van der Waals surface area contributed by atoms with Gasteiger partial charge in [-0.15, -0.1) is 0 Å². The minimum absolute atomic E-state index is 0.208. The number of hydrogen-bond donors (Lipinski definition) is 1. The monoisotopic (exact) mass is 298 g/mol. The molecule has 0 aliphatic carbocycles. The molecule has 114 valence electrons. The fourth-order valence-corrected chi connectivity index (χ4v) is 2.28. The lowest BCUT2D eigenvalue weighted by Crippen LogP contribution is -2.41. The predicted molar refractivity (Wildman–Crippen MR) is 86.9 cm³/mol. The van der Waals surface area contributed by atoms with Crippen LogP contribution in [0.1, 0.15) is 0 Å². The number of nitrogens with one attached hydrogen (secondary N) is 1. The topological polar surface area (TPSA) is 57.7 Å². The smallest absolute Gasteiger partial charge is 0.327 e. The van der Waals surface area contributed by atoms with E-state index < -0.39 is 0 Å². The summed E-state index contributed by atoms with van der Waals surface area (Å²) in [5, 5.41) is 2.89. The van der Waals surface area contributed by atoms with Gasteiger partial charge < -0.3 is 15.0 Å². The summed E-state index contributed by atoms with van der Waals surface area (Å²) < 4.78 is 5.51. The summed E-state index contributed by atoms with van der Waals surface area (Å²) in [4.78, 5) is 20.3. The van der Waals surface area contributed by atoms with Crippen molar-refractivity contribution >= 4 is 23.2 Å². The van der Waals surface area contributed by atoms with Gasteiger partial charge in [0.1, 0.15) is 6.61 Å². The predicted octanol–water partition coefficient (Wildman–Crippen LogP) is 2.58. The summed E-state index contributed by atoms with van der Waals surface area (Å²) in [5.41, 5.74) is 1.83. The number of pyridine rings is 1. The van der Waals surface area contributed by atoms with E-state index in [0.717, 1.165) is 11.4 Å². The van der Waals surface area contributed by atoms with E-state index in [2.05, 4.69) is 10.3 Å². The van der Waals surface area contributed by atoms with Crippen molar-refractivity contribution in [1.29, 1.82) is 0 Å². The van der Waals surface area contributed by atoms with Crippen molar-refractivity contribution in [2.24, 2.45) is 0 Å². The normalized spacial score (nSPS) is 13.1. The van der Waals surface area contributed by atoms with Crippen molar-refractivity contribution in [3.63, 3.8) is 0 Å². The number of urea groups is 1. The Morgan fingerprint density at radius 1 is 1.27 bits per heavy atom. The molecule has 6 heteroatoms. The number of benzene rings is 1. The second kappa shape index (κ2) is 5.93. The summed E-state index contributed by atoms with van der Waals surface area (Å²) in [6, 6.07) is 11.1. The van der Waals surface area contributed by atoms with E-state index in [-0.39, 0.29) is 6.03 Å². The maximum absolute atomic E-state index is 12.5. The zero-order valence-electron chi connectivity index (χ0n) is 12.6. The van der Waals surface area contributed by atoms with Crippen molar-refractivity contribution in [2.75, 3.05) is 42.4 Å². The Morgan fingerprint density at radius 3 is 2.77 bits per heavy atom. The first-order valence-electron chi connectivity index (χ1n) is 7.09. The molecule has 1 aromatic heterocycles. The Bertz CT molecular complexity index is 670. The van der Waals surface area contributed by atoms with Crippen LogP contribution in [0, 0.1) is 0 Å². The van der Waals surface area contributed by atoms with Gasteiger partial charge in [0.25, 0.3) is 0 Å². The number of hydrogen-bond acceptors (Lipinski definition) is 4. The van der Waals surface area contributed by atoms with Crippen molar-refractivity contribution < 1.29 is 9.53 Å². The van der Waals surface area contributed by atoms with E-state index in [9.17, 15) is 4.79 Å². The van der Waals surface area contributed by atoms with Crippen LogP contribution in [0.2, 0.25) is 0 Å². The van der Waals surface area contributed by atoms with E-state index in [4.69, 9.17) is 4.74 Å². The standard InChI is InChI=1S/C16H18N4O2/c1-19(2)13-7-5-12(6-8-13)18-16(21)20-10-11-22-14-4-3-9-17-15(14)20/h3-9H,10-11H2,1-2H3,(H,18,21). The molecule has 2 heterocycles. The first-order chi connectivity index (χ1) is 10.6. The van der Waals surface area contributed by atoms with Gasteiger partial charge in [-0.3, -0.25) is 4.90 Å². The van der Waals surface area contributed by atoms with Gasteiger partial charge in [0.15, 0.2) is 11.6 Å². The van der Waals surface area contributed by atoms with Gasteiger partial charge in [-0.1, -0.05) is 0 Å². The van der Waals surface area contributed by atoms with Gasteiger partial charge in [-0.05, 0) is 36.4 Å². The van der Waals surface area contributed by atoms with Crippen LogP contribution in [-0.4, -0.2) is 38.3 Å². The van der Waals surface area contributed by atoms with Gasteiger partial charge in [-0.25, -0.2) is 9.78 Å². The number of rotatable bonds is 2. The third-order valence-electron chi connectivity index (χ3n) is 3.46. The molecule has 6 nitrogen and oxygen atoms in total. The van der Waals surface area contributed by atoms with Gasteiger partial charge in [0, 0.05) is 31.7 Å². The first-order valence-corrected chi connectivity index (χ1v) is 7.09. The summed E-state index contributed by atoms with van der Waals surface area (Å²) in [6.07, 6.45) is 1.65. The van der Waals surface area contributed by atoms with Crippen LogP contribution in [0.15, 0.2) is 42.6 Å². The number of fused-ring (bicyclic) bond motifs is 1. The van der Waals surface area contributed by atoms with E-state index in [1.807, 2.05) is 49.3 Å². The fourth-order valence-electron chi connectivity index (χ4n) is 2.28. The molecule has 0 unspecified atom stereocenters. The lowest BCUT2D eigenvalue weighted by atomic mass is 10.2. The molecule has 0 bridgehead atoms. The number of amides is 2. The van der Waals surface area contributed by atoms with Gasteiger partial charge in [-0.2, -0.15) is 0 Å². The molecule has 22 heavy (non-hydrogen) atoms. The third kappa shape index (κ3) is 2.81. The second-order valence-electron chi connectivity index (χ2n) is 5.20.